The van der Waals surface area contributed by atoms with Crippen molar-refractivity contribution in [2.75, 3.05) is 31.6 Å². The first-order valence-corrected chi connectivity index (χ1v) is 11.2. The number of halogens is 2. The summed E-state index contributed by atoms with van der Waals surface area (Å²) in [6.07, 6.45) is 1.41. The van der Waals surface area contributed by atoms with Crippen molar-refractivity contribution in [1.82, 2.24) is 10.2 Å². The van der Waals surface area contributed by atoms with Crippen molar-refractivity contribution in [3.05, 3.63) is 58.1 Å². The summed E-state index contributed by atoms with van der Waals surface area (Å²) in [6.45, 7) is 4.94. The highest BCUT2D eigenvalue weighted by atomic mass is 35.5. The van der Waals surface area contributed by atoms with Crippen LogP contribution in [0.3, 0.4) is 0 Å². The van der Waals surface area contributed by atoms with Crippen LogP contribution in [0.25, 0.3) is 0 Å². The maximum atomic E-state index is 11.4. The highest BCUT2D eigenvalue weighted by Crippen LogP contribution is 2.28. The number of nitrogens with zero attached hydrogens (tertiary/aromatic N) is 1. The predicted octanol–water partition coefficient (Wildman–Crippen LogP) is 3.95. The summed E-state index contributed by atoms with van der Waals surface area (Å²) in [7, 11) is 0. The zero-order valence-electron chi connectivity index (χ0n) is 17.6. The van der Waals surface area contributed by atoms with Crippen molar-refractivity contribution in [3.63, 3.8) is 0 Å². The minimum atomic E-state index is -0.659. The van der Waals surface area contributed by atoms with Gasteiger partial charge in [-0.2, -0.15) is 0 Å². The summed E-state index contributed by atoms with van der Waals surface area (Å²) in [5.74, 6) is 0.269. The molecule has 0 aliphatic carbocycles. The lowest BCUT2D eigenvalue weighted by Gasteiger charge is -2.33. The number of benzene rings is 2. The molecule has 0 bridgehead atoms. The average molecular weight is 466 g/mol. The largest absolute Gasteiger partial charge is 0.489 e. The number of likely N-dealkylation sites (tertiary alicyclic amines) is 1. The lowest BCUT2D eigenvalue weighted by atomic mass is 10.0. The van der Waals surface area contributed by atoms with Crippen molar-refractivity contribution >= 4 is 34.8 Å². The van der Waals surface area contributed by atoms with Crippen molar-refractivity contribution in [3.8, 4) is 5.75 Å². The first kappa shape index (κ1) is 23.8. The van der Waals surface area contributed by atoms with Gasteiger partial charge in [0, 0.05) is 36.1 Å². The van der Waals surface area contributed by atoms with Gasteiger partial charge in [0.15, 0.2) is 0 Å². The van der Waals surface area contributed by atoms with Gasteiger partial charge in [-0.3, -0.25) is 9.69 Å². The van der Waals surface area contributed by atoms with E-state index in [2.05, 4.69) is 27.7 Å². The van der Waals surface area contributed by atoms with Crippen molar-refractivity contribution in [1.29, 1.82) is 0 Å². The maximum Gasteiger partial charge on any atom is 0.221 e. The summed E-state index contributed by atoms with van der Waals surface area (Å²) < 4.78 is 5.71. The molecule has 6 nitrogen and oxygen atoms in total. The number of hydrogen-bond acceptors (Lipinski definition) is 5. The SMILES string of the molecule is CC(=O)Nc1cc(Cl)ccc1OCC(O)CNC1CCN(Cc2ccc(Cl)cc2)CC1. The summed E-state index contributed by atoms with van der Waals surface area (Å²) >= 11 is 11.9. The van der Waals surface area contributed by atoms with E-state index in [9.17, 15) is 9.90 Å². The molecule has 1 fully saturated rings. The molecule has 168 valence electrons. The van der Waals surface area contributed by atoms with Crippen LogP contribution >= 0.6 is 23.2 Å². The number of carbonyl (C=O) groups is 1. The Kier molecular flexibility index (Phi) is 8.99. The van der Waals surface area contributed by atoms with Gasteiger partial charge in [0.1, 0.15) is 18.5 Å². The van der Waals surface area contributed by atoms with Crippen LogP contribution in [0.5, 0.6) is 5.75 Å². The summed E-state index contributed by atoms with van der Waals surface area (Å²) in [5, 5.41) is 17.7. The third-order valence-corrected chi connectivity index (χ3v) is 5.72. The Morgan fingerprint density at radius 3 is 2.52 bits per heavy atom. The van der Waals surface area contributed by atoms with Gasteiger partial charge >= 0.3 is 0 Å². The molecular weight excluding hydrogens is 437 g/mol. The van der Waals surface area contributed by atoms with E-state index >= 15 is 0 Å². The van der Waals surface area contributed by atoms with Gasteiger partial charge in [-0.05, 0) is 61.8 Å². The fourth-order valence-electron chi connectivity index (χ4n) is 3.61. The second-order valence-corrected chi connectivity index (χ2v) is 8.74. The molecule has 3 rings (SSSR count). The quantitative estimate of drug-likeness (QED) is 0.522. The zero-order valence-corrected chi connectivity index (χ0v) is 19.1. The Balaban J connectivity index is 1.37. The molecule has 0 saturated carbocycles. The number of aliphatic hydroxyl groups is 1. The number of carbonyl (C=O) groups excluding carboxylic acids is 1. The van der Waals surface area contributed by atoms with E-state index in [0.717, 1.165) is 37.5 Å². The van der Waals surface area contributed by atoms with Gasteiger partial charge < -0.3 is 20.5 Å². The predicted molar refractivity (Wildman–Crippen MR) is 125 cm³/mol. The van der Waals surface area contributed by atoms with E-state index < -0.39 is 6.10 Å². The van der Waals surface area contributed by atoms with Gasteiger partial charge in [-0.15, -0.1) is 0 Å². The number of anilines is 1. The summed E-state index contributed by atoms with van der Waals surface area (Å²) in [4.78, 5) is 13.8. The number of piperidine rings is 1. The van der Waals surface area contributed by atoms with Crippen LogP contribution in [0.1, 0.15) is 25.3 Å². The third kappa shape index (κ3) is 7.98. The fraction of sp³-hybridized carbons (Fsp3) is 0.435. The molecule has 1 saturated heterocycles. The topological polar surface area (TPSA) is 73.8 Å². The highest BCUT2D eigenvalue weighted by Gasteiger charge is 2.20. The van der Waals surface area contributed by atoms with Crippen LogP contribution < -0.4 is 15.4 Å². The first-order chi connectivity index (χ1) is 14.9. The number of ether oxygens (including phenoxy) is 1. The molecule has 1 unspecified atom stereocenters. The monoisotopic (exact) mass is 465 g/mol. The van der Waals surface area contributed by atoms with Crippen LogP contribution in [-0.2, 0) is 11.3 Å². The second kappa shape index (κ2) is 11.7. The molecule has 2 aromatic carbocycles. The summed E-state index contributed by atoms with van der Waals surface area (Å²) in [6, 6.07) is 13.4. The van der Waals surface area contributed by atoms with E-state index in [1.165, 1.54) is 12.5 Å². The highest BCUT2D eigenvalue weighted by molar-refractivity contribution is 6.31. The minimum absolute atomic E-state index is 0.122. The molecule has 0 aromatic heterocycles. The van der Waals surface area contributed by atoms with E-state index in [1.54, 1.807) is 18.2 Å². The number of aliphatic hydroxyl groups excluding tert-OH is 1. The molecule has 1 aliphatic heterocycles. The second-order valence-electron chi connectivity index (χ2n) is 7.87. The van der Waals surface area contributed by atoms with Crippen molar-refractivity contribution in [2.45, 2.75) is 38.5 Å². The lowest BCUT2D eigenvalue weighted by Crippen LogP contribution is -2.45. The Morgan fingerprint density at radius 1 is 1.16 bits per heavy atom. The molecule has 1 heterocycles. The molecule has 0 spiro atoms. The van der Waals surface area contributed by atoms with Crippen molar-refractivity contribution < 1.29 is 14.6 Å². The average Bonchev–Trinajstić information content (AvgIpc) is 2.74. The number of amides is 1. The molecule has 31 heavy (non-hydrogen) atoms. The third-order valence-electron chi connectivity index (χ3n) is 5.23. The molecule has 1 aliphatic rings. The molecular formula is C23H29Cl2N3O3. The van der Waals surface area contributed by atoms with Gasteiger partial charge in [-0.1, -0.05) is 35.3 Å². The maximum absolute atomic E-state index is 11.4. The zero-order chi connectivity index (χ0) is 22.2. The molecule has 0 radical (unpaired) electrons. The summed E-state index contributed by atoms with van der Waals surface area (Å²) in [5.41, 5.74) is 1.76. The molecule has 1 amide bonds. The minimum Gasteiger partial charge on any atom is -0.489 e. The van der Waals surface area contributed by atoms with Crippen LogP contribution in [0.2, 0.25) is 10.0 Å². The van der Waals surface area contributed by atoms with Gasteiger partial charge in [0.2, 0.25) is 5.91 Å². The number of hydrogen-bond donors (Lipinski definition) is 3. The van der Waals surface area contributed by atoms with Gasteiger partial charge in [-0.25, -0.2) is 0 Å². The fourth-order valence-corrected chi connectivity index (χ4v) is 3.90. The molecule has 8 heteroatoms. The Morgan fingerprint density at radius 2 is 1.84 bits per heavy atom. The number of rotatable bonds is 9. The molecule has 3 N–H and O–H groups in total. The Labute approximate surface area is 193 Å². The lowest BCUT2D eigenvalue weighted by molar-refractivity contribution is -0.114. The smallest absolute Gasteiger partial charge is 0.221 e. The standard InChI is InChI=1S/C23H29Cl2N3O3/c1-16(29)27-22-12-19(25)6-7-23(22)31-15-21(30)13-26-20-8-10-28(11-9-20)14-17-2-4-18(24)5-3-17/h2-7,12,20-21,26,30H,8-11,13-15H2,1H3,(H,27,29). The molecule has 1 atom stereocenters. The Hall–Kier alpha value is -1.83. The van der Waals surface area contributed by atoms with E-state index in [-0.39, 0.29) is 12.5 Å². The van der Waals surface area contributed by atoms with Crippen LogP contribution in [0, 0.1) is 0 Å². The first-order valence-electron chi connectivity index (χ1n) is 10.5. The van der Waals surface area contributed by atoms with Crippen LogP contribution in [-0.4, -0.2) is 54.3 Å². The molecule has 2 aromatic rings. The normalized spacial score (nSPS) is 16.1. The van der Waals surface area contributed by atoms with Crippen molar-refractivity contribution in [2.24, 2.45) is 0 Å². The van der Waals surface area contributed by atoms with E-state index in [4.69, 9.17) is 27.9 Å². The van der Waals surface area contributed by atoms with Gasteiger partial charge in [0.25, 0.3) is 0 Å². The van der Waals surface area contributed by atoms with Crippen LogP contribution in [0.4, 0.5) is 5.69 Å². The van der Waals surface area contributed by atoms with Gasteiger partial charge in [0.05, 0.1) is 5.69 Å². The van der Waals surface area contributed by atoms with Crippen LogP contribution in [0.15, 0.2) is 42.5 Å². The van der Waals surface area contributed by atoms with E-state index in [1.807, 2.05) is 12.1 Å². The Bertz CT molecular complexity index is 856. The number of nitrogens with one attached hydrogen (secondary N) is 2. The van der Waals surface area contributed by atoms with E-state index in [0.29, 0.717) is 29.0 Å².